The Morgan fingerprint density at radius 1 is 1.28 bits per heavy atom. The van der Waals surface area contributed by atoms with Crippen molar-refractivity contribution >= 4 is 0 Å². The van der Waals surface area contributed by atoms with E-state index in [1.807, 2.05) is 30.1 Å². The van der Waals surface area contributed by atoms with E-state index in [9.17, 15) is 4.39 Å². The minimum atomic E-state index is -0.166. The number of nitrogens with zero attached hydrogens (tertiary/aromatic N) is 2. The molecule has 2 rings (SSSR count). The van der Waals surface area contributed by atoms with E-state index in [1.165, 1.54) is 6.07 Å². The zero-order chi connectivity index (χ0) is 12.8. The lowest BCUT2D eigenvalue weighted by Crippen LogP contribution is -2.21. The number of hydrogen-bond donors (Lipinski definition) is 1. The summed E-state index contributed by atoms with van der Waals surface area (Å²) < 4.78 is 15.0. The second-order valence-electron chi connectivity index (χ2n) is 4.33. The maximum Gasteiger partial charge on any atom is 0.123 e. The normalized spacial score (nSPS) is 10.8. The van der Waals surface area contributed by atoms with Gasteiger partial charge in [-0.2, -0.15) is 0 Å². The van der Waals surface area contributed by atoms with Gasteiger partial charge in [-0.3, -0.25) is 0 Å². The Morgan fingerprint density at radius 3 is 2.83 bits per heavy atom. The van der Waals surface area contributed by atoms with Crippen LogP contribution in [0.1, 0.15) is 11.4 Å². The summed E-state index contributed by atoms with van der Waals surface area (Å²) in [5.41, 5.74) is 1.03. The van der Waals surface area contributed by atoms with Gasteiger partial charge in [0.05, 0.1) is 0 Å². The topological polar surface area (TPSA) is 29.9 Å². The number of rotatable bonds is 6. The molecule has 0 aliphatic rings. The van der Waals surface area contributed by atoms with Gasteiger partial charge in [-0.25, -0.2) is 9.37 Å². The molecule has 1 heterocycles. The average Bonchev–Trinajstić information content (AvgIpc) is 2.75. The Kier molecular flexibility index (Phi) is 4.47. The highest BCUT2D eigenvalue weighted by atomic mass is 19.1. The molecule has 0 unspecified atom stereocenters. The third-order valence-corrected chi connectivity index (χ3v) is 2.93. The maximum atomic E-state index is 12.9. The molecule has 0 atom stereocenters. The van der Waals surface area contributed by atoms with Crippen LogP contribution < -0.4 is 5.32 Å². The predicted molar refractivity (Wildman–Crippen MR) is 69.9 cm³/mol. The molecule has 1 aromatic heterocycles. The fourth-order valence-electron chi connectivity index (χ4n) is 1.89. The first-order valence-corrected chi connectivity index (χ1v) is 6.17. The number of hydrogen-bond acceptors (Lipinski definition) is 2. The maximum absolute atomic E-state index is 12.9. The van der Waals surface area contributed by atoms with Gasteiger partial charge in [-0.15, -0.1) is 0 Å². The third-order valence-electron chi connectivity index (χ3n) is 2.93. The Morgan fingerprint density at radius 2 is 2.11 bits per heavy atom. The second kappa shape index (κ2) is 6.31. The summed E-state index contributed by atoms with van der Waals surface area (Å²) in [4.78, 5) is 4.26. The van der Waals surface area contributed by atoms with E-state index in [1.54, 1.807) is 12.1 Å². The van der Waals surface area contributed by atoms with Crippen molar-refractivity contribution in [1.82, 2.24) is 14.9 Å². The number of aromatic nitrogens is 2. The van der Waals surface area contributed by atoms with E-state index >= 15 is 0 Å². The van der Waals surface area contributed by atoms with Crippen molar-refractivity contribution in [2.75, 3.05) is 13.1 Å². The van der Waals surface area contributed by atoms with Crippen LogP contribution in [0.3, 0.4) is 0 Å². The van der Waals surface area contributed by atoms with E-state index in [-0.39, 0.29) is 5.82 Å². The first kappa shape index (κ1) is 12.8. The summed E-state index contributed by atoms with van der Waals surface area (Å²) in [7, 11) is 2.00. The van der Waals surface area contributed by atoms with Crippen LogP contribution in [-0.4, -0.2) is 22.6 Å². The van der Waals surface area contributed by atoms with Crippen molar-refractivity contribution in [2.45, 2.75) is 12.8 Å². The standard InChI is InChI=1S/C14H18FN3/c1-18-10-9-17-14(18)6-8-16-7-5-12-3-2-4-13(15)11-12/h2-4,9-11,16H,5-8H2,1H3. The summed E-state index contributed by atoms with van der Waals surface area (Å²) in [6.45, 7) is 1.74. The first-order valence-electron chi connectivity index (χ1n) is 6.17. The molecule has 0 saturated carbocycles. The zero-order valence-electron chi connectivity index (χ0n) is 10.6. The Labute approximate surface area is 107 Å². The molecule has 96 valence electrons. The van der Waals surface area contributed by atoms with Crippen LogP contribution in [0.25, 0.3) is 0 Å². The molecular formula is C14H18FN3. The Hall–Kier alpha value is -1.68. The van der Waals surface area contributed by atoms with Gasteiger partial charge >= 0.3 is 0 Å². The van der Waals surface area contributed by atoms with Gasteiger partial charge in [0.25, 0.3) is 0 Å². The number of nitrogens with one attached hydrogen (secondary N) is 1. The summed E-state index contributed by atoms with van der Waals surface area (Å²) in [6.07, 6.45) is 5.51. The molecule has 0 spiro atoms. The quantitative estimate of drug-likeness (QED) is 0.791. The van der Waals surface area contributed by atoms with Crippen LogP contribution in [-0.2, 0) is 19.9 Å². The number of aryl methyl sites for hydroxylation is 1. The average molecular weight is 247 g/mol. The SMILES string of the molecule is Cn1ccnc1CCNCCc1cccc(F)c1. The molecule has 0 amide bonds. The van der Waals surface area contributed by atoms with Crippen LogP contribution in [0.15, 0.2) is 36.7 Å². The minimum absolute atomic E-state index is 0.166. The number of imidazole rings is 1. The van der Waals surface area contributed by atoms with Gasteiger partial charge in [-0.05, 0) is 30.7 Å². The van der Waals surface area contributed by atoms with Gasteiger partial charge < -0.3 is 9.88 Å². The highest BCUT2D eigenvalue weighted by molar-refractivity contribution is 5.16. The van der Waals surface area contributed by atoms with Crippen LogP contribution >= 0.6 is 0 Å². The fraction of sp³-hybridized carbons (Fsp3) is 0.357. The summed E-state index contributed by atoms with van der Waals surface area (Å²) in [5.74, 6) is 0.911. The van der Waals surface area contributed by atoms with E-state index in [4.69, 9.17) is 0 Å². The van der Waals surface area contributed by atoms with Crippen molar-refractivity contribution in [3.8, 4) is 0 Å². The molecule has 1 N–H and O–H groups in total. The smallest absolute Gasteiger partial charge is 0.123 e. The highest BCUT2D eigenvalue weighted by Crippen LogP contribution is 2.03. The lowest BCUT2D eigenvalue weighted by Gasteiger charge is -2.05. The molecule has 18 heavy (non-hydrogen) atoms. The lowest BCUT2D eigenvalue weighted by molar-refractivity contribution is 0.621. The van der Waals surface area contributed by atoms with Crippen LogP contribution in [0.5, 0.6) is 0 Å². The van der Waals surface area contributed by atoms with Crippen LogP contribution in [0, 0.1) is 5.82 Å². The largest absolute Gasteiger partial charge is 0.338 e. The molecule has 0 saturated heterocycles. The van der Waals surface area contributed by atoms with Gasteiger partial charge in [0.15, 0.2) is 0 Å². The predicted octanol–water partition coefficient (Wildman–Crippen LogP) is 1.93. The zero-order valence-corrected chi connectivity index (χ0v) is 10.6. The molecule has 3 nitrogen and oxygen atoms in total. The summed E-state index contributed by atoms with van der Waals surface area (Å²) in [6, 6.07) is 6.75. The molecule has 0 aliphatic heterocycles. The first-order chi connectivity index (χ1) is 8.75. The molecule has 0 bridgehead atoms. The van der Waals surface area contributed by atoms with E-state index in [0.717, 1.165) is 37.3 Å². The van der Waals surface area contributed by atoms with E-state index < -0.39 is 0 Å². The van der Waals surface area contributed by atoms with Crippen molar-refractivity contribution in [3.63, 3.8) is 0 Å². The van der Waals surface area contributed by atoms with Gasteiger partial charge in [0.1, 0.15) is 11.6 Å². The molecule has 0 fully saturated rings. The van der Waals surface area contributed by atoms with Crippen LogP contribution in [0.2, 0.25) is 0 Å². The van der Waals surface area contributed by atoms with E-state index in [2.05, 4.69) is 10.3 Å². The van der Waals surface area contributed by atoms with Crippen molar-refractivity contribution in [1.29, 1.82) is 0 Å². The van der Waals surface area contributed by atoms with Crippen molar-refractivity contribution in [3.05, 3.63) is 53.9 Å². The highest BCUT2D eigenvalue weighted by Gasteiger charge is 1.99. The molecule has 0 radical (unpaired) electrons. The van der Waals surface area contributed by atoms with Crippen LogP contribution in [0.4, 0.5) is 4.39 Å². The number of halogens is 1. The molecular weight excluding hydrogens is 229 g/mol. The van der Waals surface area contributed by atoms with Gasteiger partial charge in [0, 0.05) is 32.4 Å². The fourth-order valence-corrected chi connectivity index (χ4v) is 1.89. The Bertz CT molecular complexity index is 493. The van der Waals surface area contributed by atoms with Gasteiger partial charge in [0.2, 0.25) is 0 Å². The van der Waals surface area contributed by atoms with Crippen molar-refractivity contribution < 1.29 is 4.39 Å². The Balaban J connectivity index is 1.66. The van der Waals surface area contributed by atoms with Gasteiger partial charge in [-0.1, -0.05) is 12.1 Å². The second-order valence-corrected chi connectivity index (χ2v) is 4.33. The number of benzene rings is 1. The van der Waals surface area contributed by atoms with E-state index in [0.29, 0.717) is 0 Å². The summed E-state index contributed by atoms with van der Waals surface area (Å²) in [5, 5.41) is 3.34. The minimum Gasteiger partial charge on any atom is -0.338 e. The molecule has 1 aromatic carbocycles. The monoisotopic (exact) mass is 247 g/mol. The molecule has 2 aromatic rings. The lowest BCUT2D eigenvalue weighted by atomic mass is 10.1. The van der Waals surface area contributed by atoms with Crippen molar-refractivity contribution in [2.24, 2.45) is 7.05 Å². The molecule has 4 heteroatoms. The molecule has 0 aliphatic carbocycles. The summed E-state index contributed by atoms with van der Waals surface area (Å²) >= 11 is 0. The third kappa shape index (κ3) is 3.67.